The van der Waals surface area contributed by atoms with E-state index in [0.717, 1.165) is 0 Å². The van der Waals surface area contributed by atoms with E-state index in [9.17, 15) is 9.18 Å². The molecule has 0 radical (unpaired) electrons. The van der Waals surface area contributed by atoms with Gasteiger partial charge in [0.1, 0.15) is 11.6 Å². The quantitative estimate of drug-likeness (QED) is 0.931. The fraction of sp³-hybridized carbons (Fsp3) is 0.133. The van der Waals surface area contributed by atoms with Crippen molar-refractivity contribution in [1.29, 1.82) is 0 Å². The molecule has 0 saturated carbocycles. The van der Waals surface area contributed by atoms with Crippen LogP contribution < -0.4 is 10.1 Å². The summed E-state index contributed by atoms with van der Waals surface area (Å²) >= 11 is 5.82. The van der Waals surface area contributed by atoms with Crippen LogP contribution in [0.2, 0.25) is 5.02 Å². The summed E-state index contributed by atoms with van der Waals surface area (Å²) in [5.74, 6) is -0.165. The monoisotopic (exact) mass is 293 g/mol. The average molecular weight is 294 g/mol. The van der Waals surface area contributed by atoms with Crippen molar-refractivity contribution in [3.8, 4) is 5.75 Å². The van der Waals surface area contributed by atoms with Gasteiger partial charge in [-0.15, -0.1) is 0 Å². The van der Waals surface area contributed by atoms with Gasteiger partial charge in [0.05, 0.1) is 0 Å². The van der Waals surface area contributed by atoms with E-state index in [-0.39, 0.29) is 18.3 Å². The van der Waals surface area contributed by atoms with Gasteiger partial charge in [0, 0.05) is 10.7 Å². The highest BCUT2D eigenvalue weighted by atomic mass is 35.5. The zero-order valence-electron chi connectivity index (χ0n) is 10.8. The first kappa shape index (κ1) is 14.3. The number of hydrogen-bond acceptors (Lipinski definition) is 2. The highest BCUT2D eigenvalue weighted by molar-refractivity contribution is 6.30. The van der Waals surface area contributed by atoms with Crippen LogP contribution in [0, 0.1) is 12.7 Å². The molecule has 0 spiro atoms. The molecule has 0 heterocycles. The zero-order valence-corrected chi connectivity index (χ0v) is 11.6. The molecule has 0 aliphatic heterocycles. The van der Waals surface area contributed by atoms with Crippen LogP contribution in [-0.4, -0.2) is 12.5 Å². The number of amides is 1. The van der Waals surface area contributed by atoms with E-state index in [1.54, 1.807) is 31.2 Å². The van der Waals surface area contributed by atoms with E-state index >= 15 is 0 Å². The maximum atomic E-state index is 12.9. The molecule has 20 heavy (non-hydrogen) atoms. The number of anilines is 1. The van der Waals surface area contributed by atoms with E-state index in [1.165, 1.54) is 18.2 Å². The Balaban J connectivity index is 1.92. The molecule has 2 aromatic carbocycles. The number of ether oxygens (including phenoxy) is 1. The van der Waals surface area contributed by atoms with Gasteiger partial charge in [-0.2, -0.15) is 0 Å². The number of aryl methyl sites for hydroxylation is 1. The summed E-state index contributed by atoms with van der Waals surface area (Å²) in [5.41, 5.74) is 1.24. The Morgan fingerprint density at radius 1 is 1.30 bits per heavy atom. The highest BCUT2D eigenvalue weighted by Gasteiger charge is 2.06. The molecule has 0 unspecified atom stereocenters. The van der Waals surface area contributed by atoms with Crippen molar-refractivity contribution in [2.24, 2.45) is 0 Å². The molecule has 0 aliphatic carbocycles. The topological polar surface area (TPSA) is 38.3 Å². The minimum atomic E-state index is -0.335. The molecular formula is C15H13ClFNO2. The molecular weight excluding hydrogens is 281 g/mol. The molecule has 0 bridgehead atoms. The van der Waals surface area contributed by atoms with Crippen LogP contribution in [-0.2, 0) is 4.79 Å². The molecule has 0 fully saturated rings. The standard InChI is InChI=1S/C15H13ClFNO2/c1-10-7-12(17)5-6-14(10)20-9-15(19)18-13-4-2-3-11(16)8-13/h2-8H,9H2,1H3,(H,18,19). The van der Waals surface area contributed by atoms with Gasteiger partial charge in [0.2, 0.25) is 0 Å². The summed E-state index contributed by atoms with van der Waals surface area (Å²) in [6, 6.07) is 11.0. The van der Waals surface area contributed by atoms with Crippen molar-refractivity contribution in [3.05, 3.63) is 58.9 Å². The predicted molar refractivity (Wildman–Crippen MR) is 76.7 cm³/mol. The van der Waals surface area contributed by atoms with Crippen LogP contribution >= 0.6 is 11.6 Å². The molecule has 0 atom stereocenters. The largest absolute Gasteiger partial charge is 0.483 e. The third-order valence-corrected chi connectivity index (χ3v) is 2.84. The molecule has 2 rings (SSSR count). The zero-order chi connectivity index (χ0) is 14.5. The van der Waals surface area contributed by atoms with Crippen molar-refractivity contribution in [1.82, 2.24) is 0 Å². The SMILES string of the molecule is Cc1cc(F)ccc1OCC(=O)Nc1cccc(Cl)c1. The van der Waals surface area contributed by atoms with Crippen LogP contribution in [0.1, 0.15) is 5.56 Å². The lowest BCUT2D eigenvalue weighted by Crippen LogP contribution is -2.20. The van der Waals surface area contributed by atoms with Crippen LogP contribution in [0.15, 0.2) is 42.5 Å². The van der Waals surface area contributed by atoms with Gasteiger partial charge in [-0.1, -0.05) is 17.7 Å². The van der Waals surface area contributed by atoms with Gasteiger partial charge in [0.25, 0.3) is 5.91 Å². The molecule has 1 amide bonds. The number of rotatable bonds is 4. The van der Waals surface area contributed by atoms with Gasteiger partial charge >= 0.3 is 0 Å². The molecule has 2 aromatic rings. The molecule has 0 aliphatic rings. The van der Waals surface area contributed by atoms with Gasteiger partial charge in [-0.05, 0) is 48.9 Å². The summed E-state index contributed by atoms with van der Waals surface area (Å²) in [4.78, 5) is 11.7. The average Bonchev–Trinajstić information content (AvgIpc) is 2.37. The van der Waals surface area contributed by atoms with Gasteiger partial charge in [0.15, 0.2) is 6.61 Å². The van der Waals surface area contributed by atoms with Crippen LogP contribution in [0.5, 0.6) is 5.75 Å². The van der Waals surface area contributed by atoms with Crippen molar-refractivity contribution >= 4 is 23.2 Å². The van der Waals surface area contributed by atoms with Gasteiger partial charge in [-0.3, -0.25) is 4.79 Å². The number of hydrogen-bond donors (Lipinski definition) is 1. The second kappa shape index (κ2) is 6.39. The Labute approximate surface area is 121 Å². The third kappa shape index (κ3) is 3.96. The normalized spacial score (nSPS) is 10.2. The Hall–Kier alpha value is -2.07. The van der Waals surface area contributed by atoms with Crippen molar-refractivity contribution < 1.29 is 13.9 Å². The maximum absolute atomic E-state index is 12.9. The molecule has 5 heteroatoms. The first-order valence-corrected chi connectivity index (χ1v) is 6.37. The Bertz CT molecular complexity index is 631. The first-order valence-electron chi connectivity index (χ1n) is 5.99. The summed E-state index contributed by atoms with van der Waals surface area (Å²) in [7, 11) is 0. The summed E-state index contributed by atoms with van der Waals surface area (Å²) in [5, 5.41) is 3.20. The second-order valence-electron chi connectivity index (χ2n) is 4.26. The number of halogens is 2. The van der Waals surface area contributed by atoms with Crippen molar-refractivity contribution in [3.63, 3.8) is 0 Å². The van der Waals surface area contributed by atoms with Gasteiger partial charge in [-0.25, -0.2) is 4.39 Å². The predicted octanol–water partition coefficient (Wildman–Crippen LogP) is 3.81. The molecule has 0 aromatic heterocycles. The summed E-state index contributed by atoms with van der Waals surface area (Å²) in [6.07, 6.45) is 0. The van der Waals surface area contributed by atoms with Crippen molar-refractivity contribution in [2.75, 3.05) is 11.9 Å². The number of benzene rings is 2. The number of carbonyl (C=O) groups excluding carboxylic acids is 1. The van der Waals surface area contributed by atoms with E-state index in [1.807, 2.05) is 0 Å². The smallest absolute Gasteiger partial charge is 0.262 e. The summed E-state index contributed by atoms with van der Waals surface area (Å²) in [6.45, 7) is 1.56. The third-order valence-electron chi connectivity index (χ3n) is 2.60. The van der Waals surface area contributed by atoms with Crippen LogP contribution in [0.25, 0.3) is 0 Å². The van der Waals surface area contributed by atoms with E-state index in [0.29, 0.717) is 22.0 Å². The van der Waals surface area contributed by atoms with Gasteiger partial charge < -0.3 is 10.1 Å². The fourth-order valence-electron chi connectivity index (χ4n) is 1.68. The van der Waals surface area contributed by atoms with E-state index < -0.39 is 0 Å². The minimum Gasteiger partial charge on any atom is -0.483 e. The van der Waals surface area contributed by atoms with Crippen LogP contribution in [0.3, 0.4) is 0 Å². The lowest BCUT2D eigenvalue weighted by atomic mass is 10.2. The lowest BCUT2D eigenvalue weighted by molar-refractivity contribution is -0.118. The first-order chi connectivity index (χ1) is 9.54. The number of carbonyl (C=O) groups is 1. The summed E-state index contributed by atoms with van der Waals surface area (Å²) < 4.78 is 18.3. The van der Waals surface area contributed by atoms with E-state index in [4.69, 9.17) is 16.3 Å². The van der Waals surface area contributed by atoms with Crippen molar-refractivity contribution in [2.45, 2.75) is 6.92 Å². The molecule has 1 N–H and O–H groups in total. The van der Waals surface area contributed by atoms with Crippen LogP contribution in [0.4, 0.5) is 10.1 Å². The fourth-order valence-corrected chi connectivity index (χ4v) is 1.87. The molecule has 3 nitrogen and oxygen atoms in total. The molecule has 0 saturated heterocycles. The highest BCUT2D eigenvalue weighted by Crippen LogP contribution is 2.18. The number of nitrogens with one attached hydrogen (secondary N) is 1. The second-order valence-corrected chi connectivity index (χ2v) is 4.69. The Morgan fingerprint density at radius 2 is 2.10 bits per heavy atom. The lowest BCUT2D eigenvalue weighted by Gasteiger charge is -2.09. The van der Waals surface area contributed by atoms with E-state index in [2.05, 4.69) is 5.32 Å². The Kier molecular flexibility index (Phi) is 4.58. The Morgan fingerprint density at radius 3 is 2.80 bits per heavy atom. The molecule has 104 valence electrons. The maximum Gasteiger partial charge on any atom is 0.262 e. The minimum absolute atomic E-state index is 0.154.